The molecule has 1 aromatic carbocycles. The molecule has 2 N–H and O–H groups in total. The number of fused-ring (bicyclic) bond motifs is 2. The molecule has 0 radical (unpaired) electrons. The fourth-order valence-corrected chi connectivity index (χ4v) is 5.95. The lowest BCUT2D eigenvalue weighted by molar-refractivity contribution is 0.360. The molecular formula is C15H21NO2S. The first-order valence-corrected chi connectivity index (χ1v) is 8.70. The van der Waals surface area contributed by atoms with Gasteiger partial charge in [0.15, 0.2) is 9.84 Å². The molecule has 3 nitrogen and oxygen atoms in total. The number of anilines is 1. The van der Waals surface area contributed by atoms with E-state index < -0.39 is 9.84 Å². The Morgan fingerprint density at radius 1 is 1.26 bits per heavy atom. The van der Waals surface area contributed by atoms with Gasteiger partial charge in [-0.05, 0) is 67.7 Å². The third kappa shape index (κ3) is 2.38. The molecule has 19 heavy (non-hydrogen) atoms. The van der Waals surface area contributed by atoms with Gasteiger partial charge < -0.3 is 5.73 Å². The van der Waals surface area contributed by atoms with Crippen molar-refractivity contribution in [3.63, 3.8) is 0 Å². The summed E-state index contributed by atoms with van der Waals surface area (Å²) in [6.45, 7) is 1.82. The summed E-state index contributed by atoms with van der Waals surface area (Å²) < 4.78 is 25.1. The quantitative estimate of drug-likeness (QED) is 0.865. The van der Waals surface area contributed by atoms with Crippen LogP contribution in [0.4, 0.5) is 5.69 Å². The molecule has 2 bridgehead atoms. The van der Waals surface area contributed by atoms with Crippen molar-refractivity contribution in [1.29, 1.82) is 0 Å². The van der Waals surface area contributed by atoms with E-state index in [2.05, 4.69) is 0 Å². The Bertz CT molecular complexity index is 594. The van der Waals surface area contributed by atoms with Gasteiger partial charge >= 0.3 is 0 Å². The first-order chi connectivity index (χ1) is 8.95. The lowest BCUT2D eigenvalue weighted by atomic mass is 9.90. The van der Waals surface area contributed by atoms with E-state index in [1.807, 2.05) is 6.92 Å². The molecule has 0 heterocycles. The zero-order chi connectivity index (χ0) is 13.6. The Balaban J connectivity index is 1.83. The van der Waals surface area contributed by atoms with Gasteiger partial charge in [-0.15, -0.1) is 0 Å². The Morgan fingerprint density at radius 3 is 2.63 bits per heavy atom. The van der Waals surface area contributed by atoms with Gasteiger partial charge in [0.2, 0.25) is 0 Å². The molecule has 104 valence electrons. The number of benzene rings is 1. The number of nitrogen functional groups attached to an aromatic ring is 1. The van der Waals surface area contributed by atoms with Gasteiger partial charge in [0.25, 0.3) is 0 Å². The molecule has 0 aliphatic heterocycles. The van der Waals surface area contributed by atoms with E-state index in [0.29, 0.717) is 28.2 Å². The molecule has 0 amide bonds. The van der Waals surface area contributed by atoms with E-state index in [1.165, 1.54) is 19.3 Å². The van der Waals surface area contributed by atoms with Crippen molar-refractivity contribution in [1.82, 2.24) is 0 Å². The van der Waals surface area contributed by atoms with Crippen LogP contribution in [0, 0.1) is 24.7 Å². The first-order valence-electron chi connectivity index (χ1n) is 7.04. The van der Waals surface area contributed by atoms with Crippen LogP contribution in [0.1, 0.15) is 31.2 Å². The molecule has 3 rings (SSSR count). The summed E-state index contributed by atoms with van der Waals surface area (Å²) in [5.41, 5.74) is 7.08. The SMILES string of the molecule is Cc1cc(N)ccc1S(=O)(=O)CC1CC2CCC1C2. The summed E-state index contributed by atoms with van der Waals surface area (Å²) in [6, 6.07) is 5.08. The molecule has 0 saturated heterocycles. The maximum absolute atomic E-state index is 12.6. The van der Waals surface area contributed by atoms with Crippen LogP contribution in [0.15, 0.2) is 23.1 Å². The van der Waals surface area contributed by atoms with Crippen LogP contribution in [0.3, 0.4) is 0 Å². The van der Waals surface area contributed by atoms with Gasteiger partial charge in [0, 0.05) is 5.69 Å². The van der Waals surface area contributed by atoms with Gasteiger partial charge in [0.05, 0.1) is 10.6 Å². The van der Waals surface area contributed by atoms with Crippen LogP contribution in [-0.2, 0) is 9.84 Å². The smallest absolute Gasteiger partial charge is 0.178 e. The third-order valence-corrected chi connectivity index (χ3v) is 6.85. The van der Waals surface area contributed by atoms with Crippen LogP contribution in [-0.4, -0.2) is 14.2 Å². The van der Waals surface area contributed by atoms with Crippen LogP contribution in [0.25, 0.3) is 0 Å². The summed E-state index contributed by atoms with van der Waals surface area (Å²) in [7, 11) is -3.17. The summed E-state index contributed by atoms with van der Waals surface area (Å²) in [6.07, 6.45) is 4.90. The normalized spacial score (nSPS) is 29.8. The molecule has 3 atom stereocenters. The zero-order valence-corrected chi connectivity index (χ0v) is 12.1. The predicted octanol–water partition coefficient (Wildman–Crippen LogP) is 2.79. The van der Waals surface area contributed by atoms with E-state index in [0.717, 1.165) is 17.9 Å². The van der Waals surface area contributed by atoms with E-state index >= 15 is 0 Å². The van der Waals surface area contributed by atoms with Gasteiger partial charge in [-0.3, -0.25) is 0 Å². The highest BCUT2D eigenvalue weighted by Crippen LogP contribution is 2.49. The van der Waals surface area contributed by atoms with Crippen LogP contribution >= 0.6 is 0 Å². The highest BCUT2D eigenvalue weighted by atomic mass is 32.2. The lowest BCUT2D eigenvalue weighted by Crippen LogP contribution is -2.22. The van der Waals surface area contributed by atoms with Gasteiger partial charge in [-0.1, -0.05) is 6.42 Å². The second kappa shape index (κ2) is 4.51. The monoisotopic (exact) mass is 279 g/mol. The van der Waals surface area contributed by atoms with Crippen molar-refractivity contribution in [2.24, 2.45) is 17.8 Å². The topological polar surface area (TPSA) is 60.2 Å². The van der Waals surface area contributed by atoms with E-state index in [-0.39, 0.29) is 0 Å². The third-order valence-electron chi connectivity index (χ3n) is 4.85. The second-order valence-corrected chi connectivity index (χ2v) is 8.24. The number of hydrogen-bond acceptors (Lipinski definition) is 3. The Labute approximate surface area is 115 Å². The van der Waals surface area contributed by atoms with Crippen molar-refractivity contribution >= 4 is 15.5 Å². The lowest BCUT2D eigenvalue weighted by Gasteiger charge is -2.21. The number of hydrogen-bond donors (Lipinski definition) is 1. The van der Waals surface area contributed by atoms with Crippen molar-refractivity contribution in [2.45, 2.75) is 37.5 Å². The Morgan fingerprint density at radius 2 is 2.05 bits per heavy atom. The first kappa shape index (κ1) is 13.0. The zero-order valence-electron chi connectivity index (χ0n) is 11.3. The minimum Gasteiger partial charge on any atom is -0.399 e. The number of aryl methyl sites for hydroxylation is 1. The van der Waals surface area contributed by atoms with Crippen LogP contribution in [0.2, 0.25) is 0 Å². The average molecular weight is 279 g/mol. The van der Waals surface area contributed by atoms with Crippen molar-refractivity contribution < 1.29 is 8.42 Å². The molecule has 2 saturated carbocycles. The average Bonchev–Trinajstić information content (AvgIpc) is 2.89. The van der Waals surface area contributed by atoms with Crippen molar-refractivity contribution in [3.8, 4) is 0 Å². The molecule has 2 fully saturated rings. The summed E-state index contributed by atoms with van der Waals surface area (Å²) in [5, 5.41) is 0. The van der Waals surface area contributed by atoms with Gasteiger partial charge in [-0.2, -0.15) is 0 Å². The summed E-state index contributed by atoms with van der Waals surface area (Å²) in [5.74, 6) is 2.13. The summed E-state index contributed by atoms with van der Waals surface area (Å²) >= 11 is 0. The van der Waals surface area contributed by atoms with E-state index in [1.54, 1.807) is 18.2 Å². The molecule has 3 unspecified atom stereocenters. The Kier molecular flexibility index (Phi) is 3.08. The van der Waals surface area contributed by atoms with Gasteiger partial charge in [-0.25, -0.2) is 8.42 Å². The number of nitrogens with two attached hydrogens (primary N) is 1. The van der Waals surface area contributed by atoms with E-state index in [4.69, 9.17) is 5.73 Å². The fraction of sp³-hybridized carbons (Fsp3) is 0.600. The molecular weight excluding hydrogens is 258 g/mol. The minimum absolute atomic E-state index is 0.318. The molecule has 4 heteroatoms. The van der Waals surface area contributed by atoms with Crippen LogP contribution < -0.4 is 5.73 Å². The van der Waals surface area contributed by atoms with Gasteiger partial charge in [0.1, 0.15) is 0 Å². The van der Waals surface area contributed by atoms with Crippen molar-refractivity contribution in [2.75, 3.05) is 11.5 Å². The fourth-order valence-electron chi connectivity index (χ4n) is 3.97. The number of rotatable bonds is 3. The van der Waals surface area contributed by atoms with Crippen molar-refractivity contribution in [3.05, 3.63) is 23.8 Å². The van der Waals surface area contributed by atoms with Crippen LogP contribution in [0.5, 0.6) is 0 Å². The molecule has 0 aromatic heterocycles. The number of sulfone groups is 1. The molecule has 2 aliphatic rings. The molecule has 0 spiro atoms. The highest BCUT2D eigenvalue weighted by molar-refractivity contribution is 7.91. The van der Waals surface area contributed by atoms with E-state index in [9.17, 15) is 8.42 Å². The molecule has 1 aromatic rings. The largest absolute Gasteiger partial charge is 0.399 e. The maximum Gasteiger partial charge on any atom is 0.178 e. The highest BCUT2D eigenvalue weighted by Gasteiger charge is 2.41. The molecule has 2 aliphatic carbocycles. The minimum atomic E-state index is -3.17. The predicted molar refractivity (Wildman–Crippen MR) is 76.6 cm³/mol. The Hall–Kier alpha value is -1.03. The summed E-state index contributed by atoms with van der Waals surface area (Å²) in [4.78, 5) is 0.462. The maximum atomic E-state index is 12.6. The standard InChI is InChI=1S/C15H21NO2S/c1-10-6-14(16)4-5-15(10)19(17,18)9-13-8-11-2-3-12(13)7-11/h4-6,11-13H,2-3,7-9,16H2,1H3. The second-order valence-electron chi connectivity index (χ2n) is 6.24.